The average Bonchev–Trinajstić information content (AvgIpc) is 3.30. The molecule has 1 amide bonds. The Morgan fingerprint density at radius 1 is 1.07 bits per heavy atom. The summed E-state index contributed by atoms with van der Waals surface area (Å²) in [6, 6.07) is 16.1. The third kappa shape index (κ3) is 3.86. The highest BCUT2D eigenvalue weighted by atomic mass is 16.5. The highest BCUT2D eigenvalue weighted by Crippen LogP contribution is 2.37. The van der Waals surface area contributed by atoms with Crippen molar-refractivity contribution in [1.29, 1.82) is 0 Å². The van der Waals surface area contributed by atoms with E-state index in [0.717, 1.165) is 35.7 Å². The van der Waals surface area contributed by atoms with Gasteiger partial charge in [0.15, 0.2) is 0 Å². The van der Waals surface area contributed by atoms with Gasteiger partial charge in [-0.05, 0) is 37.6 Å². The minimum absolute atomic E-state index is 0.0891. The summed E-state index contributed by atoms with van der Waals surface area (Å²) in [5.41, 5.74) is 3.04. The van der Waals surface area contributed by atoms with E-state index in [1.54, 1.807) is 0 Å². The highest BCUT2D eigenvalue weighted by molar-refractivity contribution is 5.97. The third-order valence-corrected chi connectivity index (χ3v) is 5.62. The van der Waals surface area contributed by atoms with Crippen molar-refractivity contribution in [3.8, 4) is 5.75 Å². The number of carbonyl (C=O) groups excluding carboxylic acids is 1. The maximum absolute atomic E-state index is 12.9. The zero-order valence-electron chi connectivity index (χ0n) is 17.3. The van der Waals surface area contributed by atoms with Crippen LogP contribution in [0.4, 0.5) is 5.69 Å². The Bertz CT molecular complexity index is 995. The fraction of sp³-hybridized carbons (Fsp3) is 0.417. The van der Waals surface area contributed by atoms with Crippen molar-refractivity contribution in [1.82, 2.24) is 9.55 Å². The van der Waals surface area contributed by atoms with Crippen molar-refractivity contribution < 1.29 is 9.53 Å². The molecule has 2 aromatic carbocycles. The molecule has 0 aliphatic carbocycles. The van der Waals surface area contributed by atoms with Crippen LogP contribution in [-0.4, -0.2) is 28.6 Å². The number of fused-ring (bicyclic) bond motifs is 1. The van der Waals surface area contributed by atoms with E-state index in [1.807, 2.05) is 42.2 Å². The molecular formula is C24H29N3O2. The first kappa shape index (κ1) is 19.5. The van der Waals surface area contributed by atoms with Crippen molar-refractivity contribution in [2.45, 2.75) is 52.0 Å². The maximum Gasteiger partial charge on any atom is 0.227 e. The molecule has 4 rings (SSSR count). The van der Waals surface area contributed by atoms with Crippen molar-refractivity contribution in [2.24, 2.45) is 0 Å². The molecule has 0 spiro atoms. The number of aryl methyl sites for hydroxylation is 1. The second kappa shape index (κ2) is 8.68. The molecule has 2 heterocycles. The van der Waals surface area contributed by atoms with Crippen LogP contribution in [0.25, 0.3) is 11.0 Å². The maximum atomic E-state index is 12.9. The van der Waals surface area contributed by atoms with E-state index in [2.05, 4.69) is 29.7 Å². The quantitative estimate of drug-likeness (QED) is 0.499. The summed E-state index contributed by atoms with van der Waals surface area (Å²) in [7, 11) is 0. The van der Waals surface area contributed by atoms with E-state index in [4.69, 9.17) is 9.72 Å². The van der Waals surface area contributed by atoms with Gasteiger partial charge >= 0.3 is 0 Å². The van der Waals surface area contributed by atoms with Gasteiger partial charge in [0.2, 0.25) is 5.91 Å². The summed E-state index contributed by atoms with van der Waals surface area (Å²) in [5, 5.41) is 0. The van der Waals surface area contributed by atoms with E-state index >= 15 is 0 Å². The van der Waals surface area contributed by atoms with E-state index in [9.17, 15) is 4.79 Å². The lowest BCUT2D eigenvalue weighted by molar-refractivity contribution is -0.117. The Kier molecular flexibility index (Phi) is 5.84. The largest absolute Gasteiger partial charge is 0.492 e. The van der Waals surface area contributed by atoms with Gasteiger partial charge in [-0.2, -0.15) is 0 Å². The molecule has 29 heavy (non-hydrogen) atoms. The van der Waals surface area contributed by atoms with E-state index in [0.29, 0.717) is 19.6 Å². The van der Waals surface area contributed by atoms with Gasteiger partial charge in [-0.15, -0.1) is 0 Å². The molecule has 152 valence electrons. The molecule has 5 heteroatoms. The first-order chi connectivity index (χ1) is 14.2. The number of para-hydroxylation sites is 4. The monoisotopic (exact) mass is 391 g/mol. The SMILES string of the molecule is CCCCCn1c(C2CC(=O)N(c3ccccc3OCC)C2)nc2ccccc21. The summed E-state index contributed by atoms with van der Waals surface area (Å²) in [5.74, 6) is 2.02. The predicted molar refractivity (Wildman–Crippen MR) is 117 cm³/mol. The number of benzene rings is 2. The van der Waals surface area contributed by atoms with Gasteiger partial charge in [0.25, 0.3) is 0 Å². The minimum atomic E-state index is 0.0891. The first-order valence-electron chi connectivity index (χ1n) is 10.7. The smallest absolute Gasteiger partial charge is 0.227 e. The molecule has 0 saturated carbocycles. The number of hydrogen-bond donors (Lipinski definition) is 0. The zero-order chi connectivity index (χ0) is 20.2. The van der Waals surface area contributed by atoms with Gasteiger partial charge in [0.1, 0.15) is 11.6 Å². The fourth-order valence-electron chi connectivity index (χ4n) is 4.23. The van der Waals surface area contributed by atoms with Gasteiger partial charge in [0, 0.05) is 25.4 Å². The van der Waals surface area contributed by atoms with Crippen LogP contribution >= 0.6 is 0 Å². The van der Waals surface area contributed by atoms with E-state index in [1.165, 1.54) is 18.4 Å². The summed E-state index contributed by atoms with van der Waals surface area (Å²) in [6.07, 6.45) is 3.99. The number of rotatable bonds is 8. The van der Waals surface area contributed by atoms with Crippen LogP contribution in [0, 0.1) is 0 Å². The predicted octanol–water partition coefficient (Wildman–Crippen LogP) is 5.15. The van der Waals surface area contributed by atoms with Gasteiger partial charge in [-0.25, -0.2) is 4.98 Å². The number of aromatic nitrogens is 2. The molecular weight excluding hydrogens is 362 g/mol. The second-order valence-corrected chi connectivity index (χ2v) is 7.62. The molecule has 1 atom stereocenters. The third-order valence-electron chi connectivity index (χ3n) is 5.62. The molecule has 1 unspecified atom stereocenters. The molecule has 3 aromatic rings. The Labute approximate surface area is 172 Å². The molecule has 0 bridgehead atoms. The van der Waals surface area contributed by atoms with Gasteiger partial charge in [0.05, 0.1) is 23.3 Å². The topological polar surface area (TPSA) is 47.4 Å². The van der Waals surface area contributed by atoms with Crippen molar-refractivity contribution >= 4 is 22.6 Å². The normalized spacial score (nSPS) is 16.7. The number of amides is 1. The lowest BCUT2D eigenvalue weighted by Crippen LogP contribution is -2.25. The highest BCUT2D eigenvalue weighted by Gasteiger charge is 2.35. The summed E-state index contributed by atoms with van der Waals surface area (Å²) in [6.45, 7) is 6.35. The number of nitrogens with zero attached hydrogens (tertiary/aromatic N) is 3. The van der Waals surface area contributed by atoms with Gasteiger partial charge in [-0.1, -0.05) is 44.0 Å². The molecule has 5 nitrogen and oxygen atoms in total. The number of imidazole rings is 1. The first-order valence-corrected chi connectivity index (χ1v) is 10.7. The molecule has 1 aliphatic heterocycles. The van der Waals surface area contributed by atoms with E-state index < -0.39 is 0 Å². The Morgan fingerprint density at radius 3 is 2.69 bits per heavy atom. The van der Waals surface area contributed by atoms with Crippen molar-refractivity contribution in [3.05, 3.63) is 54.4 Å². The van der Waals surface area contributed by atoms with Crippen molar-refractivity contribution in [3.63, 3.8) is 0 Å². The minimum Gasteiger partial charge on any atom is -0.492 e. The second-order valence-electron chi connectivity index (χ2n) is 7.62. The van der Waals surface area contributed by atoms with Gasteiger partial charge < -0.3 is 14.2 Å². The fourth-order valence-corrected chi connectivity index (χ4v) is 4.23. The Balaban J connectivity index is 1.65. The molecule has 1 saturated heterocycles. The number of carbonyl (C=O) groups is 1. The molecule has 0 N–H and O–H groups in total. The number of ether oxygens (including phenoxy) is 1. The number of hydrogen-bond acceptors (Lipinski definition) is 3. The summed E-state index contributed by atoms with van der Waals surface area (Å²) >= 11 is 0. The number of unbranched alkanes of at least 4 members (excludes halogenated alkanes) is 2. The molecule has 1 aromatic heterocycles. The average molecular weight is 392 g/mol. The molecule has 0 radical (unpaired) electrons. The lowest BCUT2D eigenvalue weighted by atomic mass is 10.1. The van der Waals surface area contributed by atoms with Crippen LogP contribution in [0.15, 0.2) is 48.5 Å². The Hall–Kier alpha value is -2.82. The van der Waals surface area contributed by atoms with Crippen LogP contribution in [-0.2, 0) is 11.3 Å². The van der Waals surface area contributed by atoms with E-state index in [-0.39, 0.29) is 11.8 Å². The van der Waals surface area contributed by atoms with Crippen LogP contribution in [0.2, 0.25) is 0 Å². The van der Waals surface area contributed by atoms with Crippen LogP contribution in [0.3, 0.4) is 0 Å². The Morgan fingerprint density at radius 2 is 1.86 bits per heavy atom. The molecule has 1 aliphatic rings. The van der Waals surface area contributed by atoms with Crippen LogP contribution < -0.4 is 9.64 Å². The zero-order valence-corrected chi connectivity index (χ0v) is 17.3. The standard InChI is InChI=1S/C24H29N3O2/c1-3-5-10-15-26-20-12-7-6-11-19(20)25-24(26)18-16-23(28)27(17-18)21-13-8-9-14-22(21)29-4-2/h6-9,11-14,18H,3-5,10,15-17H2,1-2H3. The summed E-state index contributed by atoms with van der Waals surface area (Å²) < 4.78 is 8.10. The lowest BCUT2D eigenvalue weighted by Gasteiger charge is -2.20. The summed E-state index contributed by atoms with van der Waals surface area (Å²) in [4.78, 5) is 19.7. The number of anilines is 1. The van der Waals surface area contributed by atoms with Crippen LogP contribution in [0.5, 0.6) is 5.75 Å². The van der Waals surface area contributed by atoms with Crippen molar-refractivity contribution in [2.75, 3.05) is 18.1 Å². The van der Waals surface area contributed by atoms with Crippen LogP contribution in [0.1, 0.15) is 51.3 Å². The van der Waals surface area contributed by atoms with Gasteiger partial charge in [-0.3, -0.25) is 4.79 Å². The molecule has 1 fully saturated rings.